The standard InChI is InChI=1S/C16H23NO2/c1-3-12-8-10-13(11-9-12)17-16(18)14-6-4-5-7-15(14)19-2/h4-7,12-13H,3,8-11H2,1-2H3,(H,17,18)/t12-,13-. The summed E-state index contributed by atoms with van der Waals surface area (Å²) in [5.41, 5.74) is 0.627. The third kappa shape index (κ3) is 3.49. The lowest BCUT2D eigenvalue weighted by Gasteiger charge is -2.28. The van der Waals surface area contributed by atoms with Gasteiger partial charge in [0.1, 0.15) is 5.75 Å². The van der Waals surface area contributed by atoms with Crippen molar-refractivity contribution >= 4 is 5.91 Å². The summed E-state index contributed by atoms with van der Waals surface area (Å²) in [6, 6.07) is 7.70. The summed E-state index contributed by atoms with van der Waals surface area (Å²) < 4.78 is 5.23. The van der Waals surface area contributed by atoms with E-state index in [-0.39, 0.29) is 5.91 Å². The van der Waals surface area contributed by atoms with Crippen LogP contribution in [0.1, 0.15) is 49.4 Å². The van der Waals surface area contributed by atoms with Crippen LogP contribution in [0.4, 0.5) is 0 Å². The van der Waals surface area contributed by atoms with Crippen LogP contribution >= 0.6 is 0 Å². The topological polar surface area (TPSA) is 38.3 Å². The molecule has 0 radical (unpaired) electrons. The Labute approximate surface area is 115 Å². The monoisotopic (exact) mass is 261 g/mol. The second kappa shape index (κ2) is 6.60. The van der Waals surface area contributed by atoms with Gasteiger partial charge in [-0.15, -0.1) is 0 Å². The molecule has 3 heteroatoms. The average molecular weight is 261 g/mol. The highest BCUT2D eigenvalue weighted by Gasteiger charge is 2.22. The van der Waals surface area contributed by atoms with Gasteiger partial charge in [-0.05, 0) is 43.7 Å². The highest BCUT2D eigenvalue weighted by molar-refractivity contribution is 5.97. The highest BCUT2D eigenvalue weighted by Crippen LogP contribution is 2.27. The lowest BCUT2D eigenvalue weighted by Crippen LogP contribution is -2.37. The maximum Gasteiger partial charge on any atom is 0.255 e. The van der Waals surface area contributed by atoms with Crippen molar-refractivity contribution in [1.29, 1.82) is 0 Å². The summed E-state index contributed by atoms with van der Waals surface area (Å²) in [5.74, 6) is 1.47. The van der Waals surface area contributed by atoms with Crippen LogP contribution in [0.3, 0.4) is 0 Å². The van der Waals surface area contributed by atoms with E-state index in [0.29, 0.717) is 17.4 Å². The fraction of sp³-hybridized carbons (Fsp3) is 0.562. The first-order valence-corrected chi connectivity index (χ1v) is 7.18. The van der Waals surface area contributed by atoms with Crippen molar-refractivity contribution in [2.75, 3.05) is 7.11 Å². The molecule has 1 aliphatic rings. The zero-order valence-electron chi connectivity index (χ0n) is 11.8. The van der Waals surface area contributed by atoms with Gasteiger partial charge in [-0.2, -0.15) is 0 Å². The number of ether oxygens (including phenoxy) is 1. The number of para-hydroxylation sites is 1. The SMILES string of the molecule is CC[C@H]1CC[C@H](NC(=O)c2ccccc2OC)CC1. The molecule has 1 fully saturated rings. The van der Waals surface area contributed by atoms with Gasteiger partial charge in [0, 0.05) is 6.04 Å². The van der Waals surface area contributed by atoms with Gasteiger partial charge in [0.25, 0.3) is 5.91 Å². The van der Waals surface area contributed by atoms with Crippen molar-refractivity contribution < 1.29 is 9.53 Å². The average Bonchev–Trinajstić information content (AvgIpc) is 2.48. The van der Waals surface area contributed by atoms with E-state index in [1.165, 1.54) is 19.3 Å². The van der Waals surface area contributed by atoms with Gasteiger partial charge in [-0.1, -0.05) is 25.5 Å². The summed E-state index contributed by atoms with van der Waals surface area (Å²) >= 11 is 0. The predicted octanol–water partition coefficient (Wildman–Crippen LogP) is 3.39. The van der Waals surface area contributed by atoms with Crippen LogP contribution in [0.2, 0.25) is 0 Å². The Balaban J connectivity index is 1.94. The van der Waals surface area contributed by atoms with Crippen LogP contribution in [0.5, 0.6) is 5.75 Å². The van der Waals surface area contributed by atoms with E-state index in [1.54, 1.807) is 7.11 Å². The maximum absolute atomic E-state index is 12.3. The van der Waals surface area contributed by atoms with Gasteiger partial charge in [0.2, 0.25) is 0 Å². The minimum atomic E-state index is -0.0163. The Kier molecular flexibility index (Phi) is 4.83. The Morgan fingerprint density at radius 1 is 1.26 bits per heavy atom. The summed E-state index contributed by atoms with van der Waals surface area (Å²) in [5, 5.41) is 3.14. The molecule has 1 aromatic carbocycles. The molecule has 0 aliphatic heterocycles. The van der Waals surface area contributed by atoms with E-state index in [4.69, 9.17) is 4.74 Å². The zero-order valence-corrected chi connectivity index (χ0v) is 11.8. The van der Waals surface area contributed by atoms with Crippen LogP contribution in [0.25, 0.3) is 0 Å². The van der Waals surface area contributed by atoms with Crippen molar-refractivity contribution in [1.82, 2.24) is 5.32 Å². The van der Waals surface area contributed by atoms with Crippen molar-refractivity contribution in [3.63, 3.8) is 0 Å². The van der Waals surface area contributed by atoms with Crippen molar-refractivity contribution in [3.05, 3.63) is 29.8 Å². The van der Waals surface area contributed by atoms with Crippen LogP contribution < -0.4 is 10.1 Å². The van der Waals surface area contributed by atoms with Gasteiger partial charge in [-0.3, -0.25) is 4.79 Å². The third-order valence-corrected chi connectivity index (χ3v) is 4.11. The Bertz CT molecular complexity index is 423. The molecule has 0 bridgehead atoms. The molecule has 19 heavy (non-hydrogen) atoms. The fourth-order valence-electron chi connectivity index (χ4n) is 2.81. The minimum absolute atomic E-state index is 0.0163. The molecule has 1 saturated carbocycles. The zero-order chi connectivity index (χ0) is 13.7. The van der Waals surface area contributed by atoms with E-state index in [9.17, 15) is 4.79 Å². The molecule has 0 saturated heterocycles. The summed E-state index contributed by atoms with van der Waals surface area (Å²) in [7, 11) is 1.60. The van der Waals surface area contributed by atoms with E-state index in [0.717, 1.165) is 18.8 Å². The molecule has 0 heterocycles. The first-order valence-electron chi connectivity index (χ1n) is 7.18. The number of amides is 1. The molecule has 1 amide bonds. The van der Waals surface area contributed by atoms with Crippen molar-refractivity contribution in [2.45, 2.75) is 45.1 Å². The first-order chi connectivity index (χ1) is 9.24. The summed E-state index contributed by atoms with van der Waals surface area (Å²) in [6.45, 7) is 2.25. The van der Waals surface area contributed by atoms with Crippen LogP contribution in [0.15, 0.2) is 24.3 Å². The summed E-state index contributed by atoms with van der Waals surface area (Å²) in [4.78, 5) is 12.3. The number of rotatable bonds is 4. The number of methoxy groups -OCH3 is 1. The smallest absolute Gasteiger partial charge is 0.255 e. The number of hydrogen-bond acceptors (Lipinski definition) is 2. The Morgan fingerprint density at radius 3 is 2.58 bits per heavy atom. The van der Waals surface area contributed by atoms with Crippen LogP contribution in [0, 0.1) is 5.92 Å². The Hall–Kier alpha value is -1.51. The predicted molar refractivity (Wildman–Crippen MR) is 76.5 cm³/mol. The normalized spacial score (nSPS) is 22.8. The third-order valence-electron chi connectivity index (χ3n) is 4.11. The van der Waals surface area contributed by atoms with E-state index in [1.807, 2.05) is 24.3 Å². The second-order valence-electron chi connectivity index (χ2n) is 5.30. The lowest BCUT2D eigenvalue weighted by molar-refractivity contribution is 0.0918. The number of carbonyl (C=O) groups is 1. The lowest BCUT2D eigenvalue weighted by atomic mass is 9.84. The first kappa shape index (κ1) is 13.9. The number of carbonyl (C=O) groups excluding carboxylic acids is 1. The van der Waals surface area contributed by atoms with Gasteiger partial charge < -0.3 is 10.1 Å². The van der Waals surface area contributed by atoms with Crippen LogP contribution in [-0.4, -0.2) is 19.1 Å². The molecule has 0 aromatic heterocycles. The van der Waals surface area contributed by atoms with Crippen molar-refractivity contribution in [2.24, 2.45) is 5.92 Å². The molecule has 1 aromatic rings. The molecular formula is C16H23NO2. The van der Waals surface area contributed by atoms with E-state index < -0.39 is 0 Å². The number of benzene rings is 1. The Morgan fingerprint density at radius 2 is 1.95 bits per heavy atom. The quantitative estimate of drug-likeness (QED) is 0.902. The van der Waals surface area contributed by atoms with Crippen LogP contribution in [-0.2, 0) is 0 Å². The van der Waals surface area contributed by atoms with Crippen molar-refractivity contribution in [3.8, 4) is 5.75 Å². The summed E-state index contributed by atoms with van der Waals surface area (Å²) in [6.07, 6.45) is 5.91. The second-order valence-corrected chi connectivity index (χ2v) is 5.30. The molecule has 104 valence electrons. The van der Waals surface area contributed by atoms with Gasteiger partial charge in [0.05, 0.1) is 12.7 Å². The molecule has 1 aliphatic carbocycles. The van der Waals surface area contributed by atoms with E-state index in [2.05, 4.69) is 12.2 Å². The molecule has 3 nitrogen and oxygen atoms in total. The fourth-order valence-corrected chi connectivity index (χ4v) is 2.81. The van der Waals surface area contributed by atoms with E-state index >= 15 is 0 Å². The molecule has 0 unspecified atom stereocenters. The molecule has 2 rings (SSSR count). The maximum atomic E-state index is 12.3. The van der Waals surface area contributed by atoms with Gasteiger partial charge in [0.15, 0.2) is 0 Å². The van der Waals surface area contributed by atoms with Gasteiger partial charge >= 0.3 is 0 Å². The molecule has 0 atom stereocenters. The highest BCUT2D eigenvalue weighted by atomic mass is 16.5. The number of hydrogen-bond donors (Lipinski definition) is 1. The van der Waals surface area contributed by atoms with Gasteiger partial charge in [-0.25, -0.2) is 0 Å². The minimum Gasteiger partial charge on any atom is -0.496 e. The number of nitrogens with one attached hydrogen (secondary N) is 1. The molecule has 1 N–H and O–H groups in total. The largest absolute Gasteiger partial charge is 0.496 e. The molecule has 0 spiro atoms. The molecular weight excluding hydrogens is 238 g/mol.